The molecule has 1 atom stereocenters. The summed E-state index contributed by atoms with van der Waals surface area (Å²) in [5.74, 6) is 0. The maximum absolute atomic E-state index is 6.29. The highest BCUT2D eigenvalue weighted by Gasteiger charge is 2.11. The highest BCUT2D eigenvalue weighted by Crippen LogP contribution is 2.23. The van der Waals surface area contributed by atoms with E-state index in [4.69, 9.17) is 5.73 Å². The molecular formula is C16H14BrN3. The Balaban J connectivity index is 2.01. The molecule has 1 aromatic carbocycles. The Labute approximate surface area is 126 Å². The number of nitrogens with two attached hydrogens (primary N) is 1. The van der Waals surface area contributed by atoms with E-state index in [1.54, 1.807) is 6.20 Å². The van der Waals surface area contributed by atoms with Crippen LogP contribution in [0.5, 0.6) is 0 Å². The molecule has 0 spiro atoms. The van der Waals surface area contributed by atoms with Crippen LogP contribution in [0.15, 0.2) is 53.1 Å². The third-order valence-electron chi connectivity index (χ3n) is 3.28. The molecule has 20 heavy (non-hydrogen) atoms. The summed E-state index contributed by atoms with van der Waals surface area (Å²) < 4.78 is 0.951. The van der Waals surface area contributed by atoms with Gasteiger partial charge in [0.15, 0.2) is 0 Å². The molecule has 2 heterocycles. The Bertz CT molecular complexity index is 753. The van der Waals surface area contributed by atoms with Crippen molar-refractivity contribution < 1.29 is 0 Å². The Morgan fingerprint density at radius 3 is 2.70 bits per heavy atom. The fourth-order valence-corrected chi connectivity index (χ4v) is 2.42. The number of hydrogen-bond donors (Lipinski definition) is 1. The van der Waals surface area contributed by atoms with Crippen LogP contribution >= 0.6 is 15.9 Å². The lowest BCUT2D eigenvalue weighted by molar-refractivity contribution is 0.829. The maximum atomic E-state index is 6.29. The summed E-state index contributed by atoms with van der Waals surface area (Å²) in [6.07, 6.45) is 1.77. The topological polar surface area (TPSA) is 51.8 Å². The van der Waals surface area contributed by atoms with Crippen LogP contribution in [0.25, 0.3) is 10.9 Å². The van der Waals surface area contributed by atoms with Crippen molar-refractivity contribution in [1.82, 2.24) is 9.97 Å². The molecule has 0 aliphatic heterocycles. The highest BCUT2D eigenvalue weighted by atomic mass is 79.9. The molecule has 3 rings (SSSR count). The highest BCUT2D eigenvalue weighted by molar-refractivity contribution is 9.10. The van der Waals surface area contributed by atoms with Crippen LogP contribution in [-0.2, 0) is 0 Å². The number of nitrogens with zero attached hydrogens (tertiary/aromatic N) is 2. The minimum atomic E-state index is -0.228. The number of benzene rings is 1. The quantitative estimate of drug-likeness (QED) is 0.779. The first-order valence-electron chi connectivity index (χ1n) is 6.38. The molecule has 100 valence electrons. The number of rotatable bonds is 2. The molecule has 0 saturated carbocycles. The summed E-state index contributed by atoms with van der Waals surface area (Å²) in [5, 5.41) is 1.10. The zero-order chi connectivity index (χ0) is 14.1. The van der Waals surface area contributed by atoms with Crippen molar-refractivity contribution in [3.8, 4) is 0 Å². The largest absolute Gasteiger partial charge is 0.319 e. The summed E-state index contributed by atoms with van der Waals surface area (Å²) in [7, 11) is 0. The van der Waals surface area contributed by atoms with E-state index < -0.39 is 0 Å². The average molecular weight is 328 g/mol. The number of aromatic nitrogens is 2. The first-order valence-corrected chi connectivity index (χ1v) is 7.17. The van der Waals surface area contributed by atoms with E-state index in [1.807, 2.05) is 37.3 Å². The van der Waals surface area contributed by atoms with E-state index in [0.29, 0.717) is 0 Å². The second-order valence-corrected chi connectivity index (χ2v) is 5.70. The minimum Gasteiger partial charge on any atom is -0.319 e. The van der Waals surface area contributed by atoms with E-state index >= 15 is 0 Å². The fourth-order valence-electron chi connectivity index (χ4n) is 2.18. The van der Waals surface area contributed by atoms with Crippen molar-refractivity contribution in [3.63, 3.8) is 0 Å². The van der Waals surface area contributed by atoms with Crippen LogP contribution in [0.1, 0.15) is 23.0 Å². The van der Waals surface area contributed by atoms with Gasteiger partial charge in [0, 0.05) is 21.7 Å². The monoisotopic (exact) mass is 327 g/mol. The van der Waals surface area contributed by atoms with Gasteiger partial charge in [0.25, 0.3) is 0 Å². The van der Waals surface area contributed by atoms with Crippen molar-refractivity contribution >= 4 is 26.8 Å². The first-order chi connectivity index (χ1) is 9.63. The van der Waals surface area contributed by atoms with Crippen molar-refractivity contribution in [2.75, 3.05) is 0 Å². The second-order valence-electron chi connectivity index (χ2n) is 4.78. The predicted octanol–water partition coefficient (Wildman–Crippen LogP) is 3.75. The summed E-state index contributed by atoms with van der Waals surface area (Å²) in [4.78, 5) is 8.86. The standard InChI is InChI=1S/C16H14BrN3/c1-10-2-3-11-8-12(4-6-14(11)20-10)16(18)15-7-5-13(17)9-19-15/h2-9,16H,18H2,1H3. The molecule has 0 radical (unpaired) electrons. The lowest BCUT2D eigenvalue weighted by atomic mass is 10.0. The van der Waals surface area contributed by atoms with Crippen molar-refractivity contribution in [2.45, 2.75) is 13.0 Å². The van der Waals surface area contributed by atoms with Crippen molar-refractivity contribution in [1.29, 1.82) is 0 Å². The molecule has 2 N–H and O–H groups in total. The van der Waals surface area contributed by atoms with Gasteiger partial charge in [-0.3, -0.25) is 9.97 Å². The van der Waals surface area contributed by atoms with Crippen LogP contribution in [0.4, 0.5) is 0 Å². The Morgan fingerprint density at radius 2 is 1.95 bits per heavy atom. The Morgan fingerprint density at radius 1 is 1.10 bits per heavy atom. The molecule has 1 unspecified atom stereocenters. The third kappa shape index (κ3) is 2.57. The number of hydrogen-bond acceptors (Lipinski definition) is 3. The van der Waals surface area contributed by atoms with Crippen LogP contribution in [0, 0.1) is 6.92 Å². The number of fused-ring (bicyclic) bond motifs is 1. The lowest BCUT2D eigenvalue weighted by Gasteiger charge is -2.12. The van der Waals surface area contributed by atoms with Gasteiger partial charge >= 0.3 is 0 Å². The average Bonchev–Trinajstić information content (AvgIpc) is 2.47. The summed E-state index contributed by atoms with van der Waals surface area (Å²) in [5.41, 5.74) is 10.2. The molecule has 3 aromatic rings. The molecule has 0 saturated heterocycles. The van der Waals surface area contributed by atoms with E-state index in [1.165, 1.54) is 0 Å². The molecule has 0 fully saturated rings. The van der Waals surface area contributed by atoms with Gasteiger partial charge in [-0.05, 0) is 58.7 Å². The van der Waals surface area contributed by atoms with Gasteiger partial charge < -0.3 is 5.73 Å². The van der Waals surface area contributed by atoms with Gasteiger partial charge in [-0.15, -0.1) is 0 Å². The van der Waals surface area contributed by atoms with Gasteiger partial charge in [0.05, 0.1) is 17.3 Å². The number of halogens is 1. The van der Waals surface area contributed by atoms with E-state index in [0.717, 1.165) is 32.3 Å². The van der Waals surface area contributed by atoms with Gasteiger partial charge in [-0.1, -0.05) is 12.1 Å². The summed E-state index contributed by atoms with van der Waals surface area (Å²) >= 11 is 3.38. The second kappa shape index (κ2) is 5.31. The van der Waals surface area contributed by atoms with Crippen LogP contribution < -0.4 is 5.73 Å². The SMILES string of the molecule is Cc1ccc2cc(C(N)c3ccc(Br)cn3)ccc2n1. The molecule has 2 aromatic heterocycles. The van der Waals surface area contributed by atoms with E-state index in [2.05, 4.69) is 38.0 Å². The third-order valence-corrected chi connectivity index (χ3v) is 3.75. The normalized spacial score (nSPS) is 12.6. The smallest absolute Gasteiger partial charge is 0.0726 e. The molecule has 3 nitrogen and oxygen atoms in total. The zero-order valence-electron chi connectivity index (χ0n) is 11.0. The number of pyridine rings is 2. The van der Waals surface area contributed by atoms with Crippen LogP contribution in [-0.4, -0.2) is 9.97 Å². The van der Waals surface area contributed by atoms with Crippen molar-refractivity contribution in [2.24, 2.45) is 5.73 Å². The molecule has 0 bridgehead atoms. The van der Waals surface area contributed by atoms with Gasteiger partial charge in [-0.25, -0.2) is 0 Å². The predicted molar refractivity (Wildman–Crippen MR) is 84.4 cm³/mol. The number of aryl methyl sites for hydroxylation is 1. The van der Waals surface area contributed by atoms with Gasteiger partial charge in [-0.2, -0.15) is 0 Å². The van der Waals surface area contributed by atoms with Crippen LogP contribution in [0.3, 0.4) is 0 Å². The molecule has 0 aliphatic rings. The molecule has 0 amide bonds. The fraction of sp³-hybridized carbons (Fsp3) is 0.125. The van der Waals surface area contributed by atoms with Gasteiger partial charge in [0.2, 0.25) is 0 Å². The van der Waals surface area contributed by atoms with E-state index in [9.17, 15) is 0 Å². The minimum absolute atomic E-state index is 0.228. The van der Waals surface area contributed by atoms with Crippen LogP contribution in [0.2, 0.25) is 0 Å². The lowest BCUT2D eigenvalue weighted by Crippen LogP contribution is -2.13. The molecule has 4 heteroatoms. The van der Waals surface area contributed by atoms with Crippen molar-refractivity contribution in [3.05, 3.63) is 70.1 Å². The first kappa shape index (κ1) is 13.2. The maximum Gasteiger partial charge on any atom is 0.0726 e. The van der Waals surface area contributed by atoms with Gasteiger partial charge in [0.1, 0.15) is 0 Å². The zero-order valence-corrected chi connectivity index (χ0v) is 12.6. The Hall–Kier alpha value is -1.78. The Kier molecular flexibility index (Phi) is 3.51. The summed E-state index contributed by atoms with van der Waals surface area (Å²) in [6, 6.07) is 13.9. The molecule has 0 aliphatic carbocycles. The summed E-state index contributed by atoms with van der Waals surface area (Å²) in [6.45, 7) is 1.99. The van der Waals surface area contributed by atoms with E-state index in [-0.39, 0.29) is 6.04 Å². The molecular weight excluding hydrogens is 314 g/mol.